The molecular weight excluding hydrogens is 396 g/mol. The van der Waals surface area contributed by atoms with Crippen LogP contribution >= 0.6 is 0 Å². The van der Waals surface area contributed by atoms with Gasteiger partial charge >= 0.3 is 5.97 Å². The predicted octanol–water partition coefficient (Wildman–Crippen LogP) is 3.52. The number of benzene rings is 1. The maximum absolute atomic E-state index is 13.4. The van der Waals surface area contributed by atoms with E-state index in [2.05, 4.69) is 15.2 Å². The Morgan fingerprint density at radius 1 is 1.26 bits per heavy atom. The molecule has 1 aliphatic rings. The third-order valence-electron chi connectivity index (χ3n) is 5.26. The van der Waals surface area contributed by atoms with Crippen molar-refractivity contribution in [3.05, 3.63) is 42.1 Å². The number of hydrogen-bond acceptors (Lipinski definition) is 6. The van der Waals surface area contributed by atoms with Crippen molar-refractivity contribution in [2.45, 2.75) is 39.2 Å². The third kappa shape index (κ3) is 4.68. The van der Waals surface area contributed by atoms with Crippen LogP contribution in [0.25, 0.3) is 22.3 Å². The first kappa shape index (κ1) is 20.8. The first-order valence-corrected chi connectivity index (χ1v) is 10.3. The second-order valence-corrected chi connectivity index (χ2v) is 8.93. The van der Waals surface area contributed by atoms with Gasteiger partial charge in [0.2, 0.25) is 0 Å². The quantitative estimate of drug-likeness (QED) is 0.623. The number of aromatic hydroxyl groups is 1. The van der Waals surface area contributed by atoms with Crippen molar-refractivity contribution in [3.63, 3.8) is 0 Å². The van der Waals surface area contributed by atoms with E-state index in [4.69, 9.17) is 4.74 Å². The Balaban J connectivity index is 1.55. The highest BCUT2D eigenvalue weighted by Crippen LogP contribution is 2.28. The molecule has 162 valence electrons. The highest BCUT2D eigenvalue weighted by molar-refractivity contribution is 6.06. The summed E-state index contributed by atoms with van der Waals surface area (Å²) in [6, 6.07) is 8.42. The lowest BCUT2D eigenvalue weighted by Gasteiger charge is -2.21. The van der Waals surface area contributed by atoms with Gasteiger partial charge in [-0.15, -0.1) is 0 Å². The van der Waals surface area contributed by atoms with Crippen molar-refractivity contribution >= 4 is 22.9 Å². The van der Waals surface area contributed by atoms with Crippen LogP contribution in [-0.4, -0.2) is 55.8 Å². The molecule has 2 N–H and O–H groups in total. The summed E-state index contributed by atoms with van der Waals surface area (Å²) >= 11 is 0. The van der Waals surface area contributed by atoms with Crippen LogP contribution in [0.3, 0.4) is 0 Å². The molecule has 1 atom stereocenters. The predicted molar refractivity (Wildman–Crippen MR) is 115 cm³/mol. The molecule has 1 aromatic carbocycles. The van der Waals surface area contributed by atoms with E-state index in [0.29, 0.717) is 41.8 Å². The second kappa shape index (κ2) is 8.02. The van der Waals surface area contributed by atoms with Gasteiger partial charge in [0, 0.05) is 18.7 Å². The molecule has 31 heavy (non-hydrogen) atoms. The molecule has 2 aromatic heterocycles. The average molecular weight is 422 g/mol. The van der Waals surface area contributed by atoms with E-state index in [1.807, 2.05) is 20.8 Å². The normalized spacial score (nSPS) is 16.6. The van der Waals surface area contributed by atoms with Gasteiger partial charge in [-0.1, -0.05) is 0 Å². The number of carbonyl (C=O) groups excluding carboxylic acids is 2. The van der Waals surface area contributed by atoms with Crippen molar-refractivity contribution in [1.82, 2.24) is 20.1 Å². The van der Waals surface area contributed by atoms with Gasteiger partial charge in [-0.3, -0.25) is 14.7 Å². The monoisotopic (exact) mass is 422 g/mol. The molecule has 8 nitrogen and oxygen atoms in total. The molecule has 1 aliphatic heterocycles. The van der Waals surface area contributed by atoms with Gasteiger partial charge in [0.1, 0.15) is 11.4 Å². The van der Waals surface area contributed by atoms with E-state index in [1.165, 1.54) is 0 Å². The highest BCUT2D eigenvalue weighted by atomic mass is 16.6. The molecule has 0 saturated carbocycles. The molecule has 0 aliphatic carbocycles. The second-order valence-electron chi connectivity index (χ2n) is 8.93. The summed E-state index contributed by atoms with van der Waals surface area (Å²) in [5.74, 6) is -0.101. The number of fused-ring (bicyclic) bond motifs is 1. The van der Waals surface area contributed by atoms with Crippen LogP contribution in [0.4, 0.5) is 0 Å². The maximum Gasteiger partial charge on any atom is 0.306 e. The summed E-state index contributed by atoms with van der Waals surface area (Å²) in [6.07, 6.45) is 2.66. The summed E-state index contributed by atoms with van der Waals surface area (Å²) < 4.78 is 5.42. The van der Waals surface area contributed by atoms with Crippen molar-refractivity contribution in [2.24, 2.45) is 5.92 Å². The van der Waals surface area contributed by atoms with Crippen LogP contribution in [0.5, 0.6) is 5.75 Å². The molecule has 1 fully saturated rings. The summed E-state index contributed by atoms with van der Waals surface area (Å²) in [4.78, 5) is 31.9. The number of nitrogens with one attached hydrogen (secondary N) is 1. The minimum Gasteiger partial charge on any atom is -0.508 e. The SMILES string of the molecule is CC(C)(C)OC(=O)C[C@@H]1CCN(C(=O)c2cc(-c3ccc(O)cc3)nc3[nH]ncc23)C1. The third-order valence-corrected chi connectivity index (χ3v) is 5.26. The van der Waals surface area contributed by atoms with Crippen LogP contribution in [0, 0.1) is 5.92 Å². The van der Waals surface area contributed by atoms with E-state index < -0.39 is 5.60 Å². The number of nitrogens with zero attached hydrogens (tertiary/aromatic N) is 3. The zero-order valence-corrected chi connectivity index (χ0v) is 17.9. The first-order chi connectivity index (χ1) is 14.7. The molecule has 0 bridgehead atoms. The number of carbonyl (C=O) groups is 2. The molecule has 8 heteroatoms. The fourth-order valence-electron chi connectivity index (χ4n) is 3.86. The smallest absolute Gasteiger partial charge is 0.306 e. The number of esters is 1. The number of likely N-dealkylation sites (tertiary alicyclic amines) is 1. The molecule has 3 heterocycles. The van der Waals surface area contributed by atoms with Gasteiger partial charge in [0.05, 0.1) is 29.3 Å². The summed E-state index contributed by atoms with van der Waals surface area (Å²) in [5, 5.41) is 17.1. The maximum atomic E-state index is 13.4. The zero-order chi connectivity index (χ0) is 22.2. The largest absolute Gasteiger partial charge is 0.508 e. The van der Waals surface area contributed by atoms with Gasteiger partial charge in [-0.05, 0) is 63.4 Å². The van der Waals surface area contributed by atoms with E-state index in [-0.39, 0.29) is 23.5 Å². The number of phenolic OH excluding ortho intramolecular Hbond substituents is 1. The fraction of sp³-hybridized carbons (Fsp3) is 0.391. The Bertz CT molecular complexity index is 1110. The summed E-state index contributed by atoms with van der Waals surface area (Å²) in [5.41, 5.74) is 1.93. The number of ether oxygens (including phenoxy) is 1. The standard InChI is InChI=1S/C23H26N4O4/c1-23(2,3)31-20(29)10-14-8-9-27(13-14)22(30)17-11-19(15-4-6-16(28)7-5-15)25-21-18(17)12-24-26-21/h4-7,11-12,14,28H,8-10,13H2,1-3H3,(H,24,25,26)/t14-/m0/s1. The molecule has 1 saturated heterocycles. The lowest BCUT2D eigenvalue weighted by atomic mass is 10.0. The topological polar surface area (TPSA) is 108 Å². The van der Waals surface area contributed by atoms with Crippen LogP contribution in [-0.2, 0) is 9.53 Å². The Kier molecular flexibility index (Phi) is 5.39. The Morgan fingerprint density at radius 2 is 2.00 bits per heavy atom. The molecule has 3 aromatic rings. The molecule has 4 rings (SSSR count). The highest BCUT2D eigenvalue weighted by Gasteiger charge is 2.31. The summed E-state index contributed by atoms with van der Waals surface area (Å²) in [7, 11) is 0. The Hall–Kier alpha value is -3.42. The van der Waals surface area contributed by atoms with E-state index >= 15 is 0 Å². The minimum atomic E-state index is -0.514. The number of aromatic nitrogens is 3. The average Bonchev–Trinajstić information content (AvgIpc) is 3.35. The van der Waals surface area contributed by atoms with Crippen LogP contribution in [0.1, 0.15) is 44.0 Å². The Morgan fingerprint density at radius 3 is 2.71 bits per heavy atom. The number of hydrogen-bond donors (Lipinski definition) is 2. The lowest BCUT2D eigenvalue weighted by molar-refractivity contribution is -0.155. The van der Waals surface area contributed by atoms with Gasteiger partial charge in [-0.2, -0.15) is 5.10 Å². The van der Waals surface area contributed by atoms with Gasteiger partial charge in [-0.25, -0.2) is 4.98 Å². The molecule has 1 amide bonds. The number of aromatic amines is 1. The van der Waals surface area contributed by atoms with Crippen molar-refractivity contribution in [2.75, 3.05) is 13.1 Å². The van der Waals surface area contributed by atoms with Crippen LogP contribution < -0.4 is 0 Å². The van der Waals surface area contributed by atoms with Crippen LogP contribution in [0.15, 0.2) is 36.5 Å². The Labute approximate surface area is 180 Å². The van der Waals surface area contributed by atoms with Crippen molar-refractivity contribution in [3.8, 4) is 17.0 Å². The zero-order valence-electron chi connectivity index (χ0n) is 17.9. The number of rotatable bonds is 4. The fourth-order valence-corrected chi connectivity index (χ4v) is 3.86. The molecule has 0 spiro atoms. The van der Waals surface area contributed by atoms with E-state index in [9.17, 15) is 14.7 Å². The summed E-state index contributed by atoms with van der Waals surface area (Å²) in [6.45, 7) is 6.64. The van der Waals surface area contributed by atoms with Crippen LogP contribution in [0.2, 0.25) is 0 Å². The molecule has 0 unspecified atom stereocenters. The van der Waals surface area contributed by atoms with E-state index in [1.54, 1.807) is 41.4 Å². The minimum absolute atomic E-state index is 0.0806. The number of phenols is 1. The first-order valence-electron chi connectivity index (χ1n) is 10.3. The van der Waals surface area contributed by atoms with Gasteiger partial charge in [0.15, 0.2) is 5.65 Å². The number of pyridine rings is 1. The molecular formula is C23H26N4O4. The van der Waals surface area contributed by atoms with Crippen molar-refractivity contribution in [1.29, 1.82) is 0 Å². The van der Waals surface area contributed by atoms with Gasteiger partial charge < -0.3 is 14.7 Å². The number of amides is 1. The lowest BCUT2D eigenvalue weighted by Crippen LogP contribution is -2.30. The molecule has 0 radical (unpaired) electrons. The van der Waals surface area contributed by atoms with Crippen molar-refractivity contribution < 1.29 is 19.4 Å². The van der Waals surface area contributed by atoms with Gasteiger partial charge in [0.25, 0.3) is 5.91 Å². The van der Waals surface area contributed by atoms with E-state index in [0.717, 1.165) is 12.0 Å². The number of H-pyrrole nitrogens is 1.